The minimum atomic E-state index is -1.04. The Labute approximate surface area is 134 Å². The molecule has 0 aromatic heterocycles. The van der Waals surface area contributed by atoms with Crippen molar-refractivity contribution in [2.75, 3.05) is 11.9 Å². The Morgan fingerprint density at radius 1 is 0.917 bits per heavy atom. The van der Waals surface area contributed by atoms with Gasteiger partial charge in [-0.25, -0.2) is 17.6 Å². The second-order valence-corrected chi connectivity index (χ2v) is 4.77. The van der Waals surface area contributed by atoms with Gasteiger partial charge < -0.3 is 10.6 Å². The number of anilines is 1. The maximum Gasteiger partial charge on any atom is 0.254 e. The van der Waals surface area contributed by atoms with Gasteiger partial charge >= 0.3 is 0 Å². The van der Waals surface area contributed by atoms with Crippen LogP contribution in [-0.4, -0.2) is 18.4 Å². The van der Waals surface area contributed by atoms with Crippen molar-refractivity contribution >= 4 is 17.5 Å². The number of para-hydroxylation sites is 1. The Balaban J connectivity index is 1.87. The molecule has 8 heteroatoms. The maximum absolute atomic E-state index is 13.4. The summed E-state index contributed by atoms with van der Waals surface area (Å²) < 4.78 is 52.9. The SMILES string of the molecule is O=C(CCNC(=O)c1ccc(F)cc1F)Nc1c(F)cccc1F. The number of carbonyl (C=O) groups excluding carboxylic acids is 2. The van der Waals surface area contributed by atoms with Crippen LogP contribution >= 0.6 is 0 Å². The lowest BCUT2D eigenvalue weighted by molar-refractivity contribution is -0.116. The van der Waals surface area contributed by atoms with Crippen LogP contribution in [0.4, 0.5) is 23.2 Å². The summed E-state index contributed by atoms with van der Waals surface area (Å²) in [5, 5.41) is 4.30. The average molecular weight is 340 g/mol. The highest BCUT2D eigenvalue weighted by atomic mass is 19.1. The van der Waals surface area contributed by atoms with Crippen molar-refractivity contribution in [3.63, 3.8) is 0 Å². The molecule has 126 valence electrons. The molecule has 2 amide bonds. The molecule has 0 aliphatic heterocycles. The van der Waals surface area contributed by atoms with E-state index in [1.54, 1.807) is 0 Å². The summed E-state index contributed by atoms with van der Waals surface area (Å²) >= 11 is 0. The zero-order valence-corrected chi connectivity index (χ0v) is 12.2. The molecule has 2 aromatic rings. The highest BCUT2D eigenvalue weighted by molar-refractivity contribution is 5.95. The van der Waals surface area contributed by atoms with E-state index < -0.39 is 40.8 Å². The number of amides is 2. The van der Waals surface area contributed by atoms with Gasteiger partial charge in [-0.15, -0.1) is 0 Å². The standard InChI is InChI=1S/C16H12F4N2O2/c17-9-4-5-10(13(20)8-9)16(24)21-7-6-14(23)22-15-11(18)2-1-3-12(15)19/h1-5,8H,6-7H2,(H,21,24)(H,22,23). The largest absolute Gasteiger partial charge is 0.351 e. The van der Waals surface area contributed by atoms with Gasteiger partial charge in [0.15, 0.2) is 0 Å². The molecule has 2 N–H and O–H groups in total. The van der Waals surface area contributed by atoms with Crippen LogP contribution in [0.15, 0.2) is 36.4 Å². The van der Waals surface area contributed by atoms with Crippen LogP contribution in [0.25, 0.3) is 0 Å². The van der Waals surface area contributed by atoms with Crippen LogP contribution in [0.5, 0.6) is 0 Å². The number of rotatable bonds is 5. The van der Waals surface area contributed by atoms with Gasteiger partial charge in [0.05, 0.1) is 5.56 Å². The van der Waals surface area contributed by atoms with Crippen molar-refractivity contribution < 1.29 is 27.2 Å². The van der Waals surface area contributed by atoms with E-state index in [1.165, 1.54) is 0 Å². The summed E-state index contributed by atoms with van der Waals surface area (Å²) in [4.78, 5) is 23.3. The van der Waals surface area contributed by atoms with Gasteiger partial charge in [-0.2, -0.15) is 0 Å². The fraction of sp³-hybridized carbons (Fsp3) is 0.125. The summed E-state index contributed by atoms with van der Waals surface area (Å²) in [7, 11) is 0. The lowest BCUT2D eigenvalue weighted by Gasteiger charge is -2.08. The van der Waals surface area contributed by atoms with E-state index >= 15 is 0 Å². The molecule has 0 saturated heterocycles. The molecule has 24 heavy (non-hydrogen) atoms. The highest BCUT2D eigenvalue weighted by Gasteiger charge is 2.14. The number of halogens is 4. The first-order valence-corrected chi connectivity index (χ1v) is 6.85. The van der Waals surface area contributed by atoms with Gasteiger partial charge in [0.25, 0.3) is 5.91 Å². The minimum Gasteiger partial charge on any atom is -0.351 e. The van der Waals surface area contributed by atoms with Crippen LogP contribution < -0.4 is 10.6 Å². The smallest absolute Gasteiger partial charge is 0.254 e. The zero-order chi connectivity index (χ0) is 17.7. The zero-order valence-electron chi connectivity index (χ0n) is 12.2. The lowest BCUT2D eigenvalue weighted by Crippen LogP contribution is -2.28. The topological polar surface area (TPSA) is 58.2 Å². The molecule has 0 aliphatic carbocycles. The first kappa shape index (κ1) is 17.5. The molecule has 0 unspecified atom stereocenters. The molecular formula is C16H12F4N2O2. The second-order valence-electron chi connectivity index (χ2n) is 4.77. The Hall–Kier alpha value is -2.90. The Morgan fingerprint density at radius 3 is 2.21 bits per heavy atom. The predicted molar refractivity (Wildman–Crippen MR) is 78.3 cm³/mol. The van der Waals surface area contributed by atoms with Crippen molar-refractivity contribution in [3.8, 4) is 0 Å². The van der Waals surface area contributed by atoms with Gasteiger partial charge in [-0.1, -0.05) is 6.07 Å². The van der Waals surface area contributed by atoms with Crippen LogP contribution in [0.1, 0.15) is 16.8 Å². The summed E-state index contributed by atoms with van der Waals surface area (Å²) in [5.41, 5.74) is -0.963. The van der Waals surface area contributed by atoms with E-state index in [1.807, 2.05) is 5.32 Å². The van der Waals surface area contributed by atoms with Crippen LogP contribution in [0.2, 0.25) is 0 Å². The second kappa shape index (κ2) is 7.58. The Morgan fingerprint density at radius 2 is 1.58 bits per heavy atom. The summed E-state index contributed by atoms with van der Waals surface area (Å²) in [6.45, 7) is -0.197. The van der Waals surface area contributed by atoms with Gasteiger partial charge in [0, 0.05) is 19.0 Å². The average Bonchev–Trinajstić information content (AvgIpc) is 2.51. The third-order valence-corrected chi connectivity index (χ3v) is 3.04. The molecule has 2 aromatic carbocycles. The molecule has 0 spiro atoms. The molecule has 0 atom stereocenters. The van der Waals surface area contributed by atoms with Crippen LogP contribution in [-0.2, 0) is 4.79 Å². The van der Waals surface area contributed by atoms with E-state index in [9.17, 15) is 27.2 Å². The van der Waals surface area contributed by atoms with Crippen molar-refractivity contribution in [2.24, 2.45) is 0 Å². The monoisotopic (exact) mass is 340 g/mol. The molecule has 2 rings (SSSR count). The van der Waals surface area contributed by atoms with Crippen LogP contribution in [0.3, 0.4) is 0 Å². The fourth-order valence-electron chi connectivity index (χ4n) is 1.88. The molecule has 0 saturated carbocycles. The quantitative estimate of drug-likeness (QED) is 0.822. The Kier molecular flexibility index (Phi) is 5.51. The molecular weight excluding hydrogens is 328 g/mol. The van der Waals surface area contributed by atoms with E-state index in [0.29, 0.717) is 6.07 Å². The summed E-state index contributed by atoms with van der Waals surface area (Å²) in [5.74, 6) is -5.29. The van der Waals surface area contributed by atoms with Crippen molar-refractivity contribution in [1.82, 2.24) is 5.32 Å². The molecule has 0 radical (unpaired) electrons. The van der Waals surface area contributed by atoms with Crippen molar-refractivity contribution in [1.29, 1.82) is 0 Å². The normalized spacial score (nSPS) is 10.3. The van der Waals surface area contributed by atoms with Gasteiger partial charge in [0.1, 0.15) is 29.0 Å². The first-order chi connectivity index (χ1) is 11.4. The highest BCUT2D eigenvalue weighted by Crippen LogP contribution is 2.18. The number of hydrogen-bond donors (Lipinski definition) is 2. The summed E-state index contributed by atoms with van der Waals surface area (Å²) in [6, 6.07) is 5.57. The number of hydrogen-bond acceptors (Lipinski definition) is 2. The predicted octanol–water partition coefficient (Wildman–Crippen LogP) is 3.00. The lowest BCUT2D eigenvalue weighted by atomic mass is 10.2. The van der Waals surface area contributed by atoms with Gasteiger partial charge in [-0.3, -0.25) is 9.59 Å². The fourth-order valence-corrected chi connectivity index (χ4v) is 1.88. The number of nitrogens with one attached hydrogen (secondary N) is 2. The third-order valence-electron chi connectivity index (χ3n) is 3.04. The molecule has 0 bridgehead atoms. The number of benzene rings is 2. The number of carbonyl (C=O) groups is 2. The first-order valence-electron chi connectivity index (χ1n) is 6.85. The molecule has 4 nitrogen and oxygen atoms in total. The Bertz CT molecular complexity index is 760. The van der Waals surface area contributed by atoms with Crippen molar-refractivity contribution in [3.05, 3.63) is 65.2 Å². The van der Waals surface area contributed by atoms with E-state index in [0.717, 1.165) is 30.3 Å². The molecule has 0 fully saturated rings. The summed E-state index contributed by atoms with van der Waals surface area (Å²) in [6.07, 6.45) is -0.289. The van der Waals surface area contributed by atoms with E-state index in [2.05, 4.69) is 5.32 Å². The molecule has 0 heterocycles. The van der Waals surface area contributed by atoms with Crippen LogP contribution in [0, 0.1) is 23.3 Å². The van der Waals surface area contributed by atoms with Crippen molar-refractivity contribution in [2.45, 2.75) is 6.42 Å². The molecule has 0 aliphatic rings. The van der Waals surface area contributed by atoms with Gasteiger partial charge in [0.2, 0.25) is 5.91 Å². The maximum atomic E-state index is 13.4. The van der Waals surface area contributed by atoms with Gasteiger partial charge in [-0.05, 0) is 24.3 Å². The van der Waals surface area contributed by atoms with E-state index in [4.69, 9.17) is 0 Å². The minimum absolute atomic E-state index is 0.197. The third kappa shape index (κ3) is 4.31. The van der Waals surface area contributed by atoms with E-state index in [-0.39, 0.29) is 18.5 Å².